The van der Waals surface area contributed by atoms with Gasteiger partial charge in [0, 0.05) is 36.3 Å². The fourth-order valence-electron chi connectivity index (χ4n) is 5.06. The smallest absolute Gasteiger partial charge is 0.251 e. The van der Waals surface area contributed by atoms with Gasteiger partial charge in [0.25, 0.3) is 5.91 Å². The third kappa shape index (κ3) is 5.63. The van der Waals surface area contributed by atoms with E-state index in [1.807, 2.05) is 44.1 Å². The SMILES string of the molecule is CCS(=O)(=O)c1cccc(C2=CC(C(=O)NCCCN(C)CCO)=C(C)C3Nc4ncc(C)cc4C23)c1. The minimum absolute atomic E-state index is 0.0230. The highest BCUT2D eigenvalue weighted by Gasteiger charge is 2.41. The minimum Gasteiger partial charge on any atom is -0.395 e. The van der Waals surface area contributed by atoms with Crippen molar-refractivity contribution in [3.8, 4) is 0 Å². The Hall–Kier alpha value is -3.01. The maximum absolute atomic E-state index is 13.3. The molecule has 0 saturated heterocycles. The summed E-state index contributed by atoms with van der Waals surface area (Å²) in [6.45, 7) is 7.60. The number of rotatable bonds is 10. The number of carbonyl (C=O) groups is 1. The summed E-state index contributed by atoms with van der Waals surface area (Å²) in [7, 11) is -1.44. The van der Waals surface area contributed by atoms with Crippen LogP contribution in [0.2, 0.25) is 0 Å². The Bertz CT molecular complexity index is 1350. The van der Waals surface area contributed by atoms with Crippen molar-refractivity contribution in [2.24, 2.45) is 0 Å². The molecule has 0 fully saturated rings. The molecule has 1 aromatic carbocycles. The second kappa shape index (κ2) is 11.2. The lowest BCUT2D eigenvalue weighted by Gasteiger charge is -2.30. The van der Waals surface area contributed by atoms with E-state index in [0.717, 1.165) is 46.6 Å². The van der Waals surface area contributed by atoms with Gasteiger partial charge in [-0.25, -0.2) is 13.4 Å². The van der Waals surface area contributed by atoms with E-state index < -0.39 is 9.84 Å². The van der Waals surface area contributed by atoms with E-state index >= 15 is 0 Å². The molecule has 0 saturated carbocycles. The molecule has 2 unspecified atom stereocenters. The van der Waals surface area contributed by atoms with E-state index in [4.69, 9.17) is 5.11 Å². The second-order valence-electron chi connectivity index (χ2n) is 9.81. The Kier molecular flexibility index (Phi) is 8.16. The number of aryl methyl sites for hydroxylation is 1. The standard InChI is InChI=1S/C28H36N4O4S/c1-5-37(35,36)21-9-6-8-20(15-21)23-16-22(28(34)29-10-7-11-32(4)12-13-33)19(3)26-25(23)24-14-18(2)17-30-27(24)31-26/h6,8-9,14-17,25-26,33H,5,7,10-13H2,1-4H3,(H,29,34)(H,30,31). The van der Waals surface area contributed by atoms with Gasteiger partial charge in [0.1, 0.15) is 5.82 Å². The van der Waals surface area contributed by atoms with Crippen LogP contribution in [0.25, 0.3) is 5.57 Å². The van der Waals surface area contributed by atoms with Crippen LogP contribution in [0.3, 0.4) is 0 Å². The van der Waals surface area contributed by atoms with Crippen molar-refractivity contribution < 1.29 is 18.3 Å². The zero-order valence-corrected chi connectivity index (χ0v) is 22.7. The molecule has 2 heterocycles. The maximum atomic E-state index is 13.3. The molecule has 2 atom stereocenters. The molecule has 37 heavy (non-hydrogen) atoms. The van der Waals surface area contributed by atoms with Crippen LogP contribution < -0.4 is 10.6 Å². The average Bonchev–Trinajstić information content (AvgIpc) is 3.26. The number of carbonyl (C=O) groups excluding carboxylic acids is 1. The number of pyridine rings is 1. The lowest BCUT2D eigenvalue weighted by atomic mass is 9.75. The van der Waals surface area contributed by atoms with E-state index in [0.29, 0.717) is 18.7 Å². The van der Waals surface area contributed by atoms with Crippen LogP contribution in [0.15, 0.2) is 58.6 Å². The first kappa shape index (κ1) is 27.0. The maximum Gasteiger partial charge on any atom is 0.251 e. The first-order valence-electron chi connectivity index (χ1n) is 12.7. The number of amides is 1. The summed E-state index contributed by atoms with van der Waals surface area (Å²) in [6.07, 6.45) is 4.50. The van der Waals surface area contributed by atoms with Crippen LogP contribution >= 0.6 is 0 Å². The molecular weight excluding hydrogens is 488 g/mol. The molecule has 4 rings (SSSR count). The Morgan fingerprint density at radius 1 is 1.22 bits per heavy atom. The van der Waals surface area contributed by atoms with Crippen LogP contribution in [-0.4, -0.2) is 74.4 Å². The normalized spacial score (nSPS) is 18.8. The third-order valence-electron chi connectivity index (χ3n) is 7.18. The molecule has 0 bridgehead atoms. The average molecular weight is 525 g/mol. The minimum atomic E-state index is -3.38. The topological polar surface area (TPSA) is 112 Å². The predicted octanol–water partition coefficient (Wildman–Crippen LogP) is 2.91. The van der Waals surface area contributed by atoms with Crippen molar-refractivity contribution in [2.75, 3.05) is 44.4 Å². The van der Waals surface area contributed by atoms with Gasteiger partial charge in [0.15, 0.2) is 9.84 Å². The van der Waals surface area contributed by atoms with Gasteiger partial charge in [-0.15, -0.1) is 0 Å². The van der Waals surface area contributed by atoms with Crippen LogP contribution in [0.4, 0.5) is 5.82 Å². The van der Waals surface area contributed by atoms with Crippen molar-refractivity contribution in [2.45, 2.75) is 44.0 Å². The lowest BCUT2D eigenvalue weighted by Crippen LogP contribution is -2.34. The molecule has 1 aliphatic carbocycles. The fraction of sp³-hybridized carbons (Fsp3) is 0.429. The predicted molar refractivity (Wildman–Crippen MR) is 146 cm³/mol. The Morgan fingerprint density at radius 2 is 2.00 bits per heavy atom. The summed E-state index contributed by atoms with van der Waals surface area (Å²) >= 11 is 0. The van der Waals surface area contributed by atoms with Crippen LogP contribution in [0, 0.1) is 6.92 Å². The van der Waals surface area contributed by atoms with E-state index in [2.05, 4.69) is 21.7 Å². The summed E-state index contributed by atoms with van der Waals surface area (Å²) in [5.41, 5.74) is 5.28. The number of likely N-dealkylation sites (N-methyl/N-ethyl adjacent to an activating group) is 1. The van der Waals surface area contributed by atoms with Crippen LogP contribution in [-0.2, 0) is 14.6 Å². The molecular formula is C28H36N4O4S. The first-order chi connectivity index (χ1) is 17.7. The zero-order chi connectivity index (χ0) is 26.7. The Balaban J connectivity index is 1.70. The number of aromatic nitrogens is 1. The zero-order valence-electron chi connectivity index (χ0n) is 21.9. The number of nitrogens with zero attached hydrogens (tertiary/aromatic N) is 2. The highest BCUT2D eigenvalue weighted by atomic mass is 32.2. The third-order valence-corrected chi connectivity index (χ3v) is 8.91. The van der Waals surface area contributed by atoms with E-state index in [-0.39, 0.29) is 35.1 Å². The van der Waals surface area contributed by atoms with Crippen LogP contribution in [0.5, 0.6) is 0 Å². The van der Waals surface area contributed by atoms with E-state index in [1.54, 1.807) is 25.1 Å². The van der Waals surface area contributed by atoms with E-state index in [1.165, 1.54) is 0 Å². The van der Waals surface area contributed by atoms with Gasteiger partial charge >= 0.3 is 0 Å². The number of anilines is 1. The van der Waals surface area contributed by atoms with Crippen molar-refractivity contribution in [1.82, 2.24) is 15.2 Å². The monoisotopic (exact) mass is 524 g/mol. The van der Waals surface area contributed by atoms with Gasteiger partial charge in [-0.2, -0.15) is 0 Å². The number of aliphatic hydroxyl groups is 1. The fourth-order valence-corrected chi connectivity index (χ4v) is 5.99. The molecule has 9 heteroatoms. The number of aliphatic hydroxyl groups excluding tert-OH is 1. The number of benzene rings is 1. The molecule has 2 aliphatic rings. The van der Waals surface area contributed by atoms with E-state index in [9.17, 15) is 13.2 Å². The van der Waals surface area contributed by atoms with Crippen molar-refractivity contribution in [3.63, 3.8) is 0 Å². The van der Waals surface area contributed by atoms with Gasteiger partial charge in [0.05, 0.1) is 23.3 Å². The van der Waals surface area contributed by atoms with Crippen LogP contribution in [0.1, 0.15) is 42.9 Å². The highest BCUT2D eigenvalue weighted by molar-refractivity contribution is 7.91. The summed E-state index contributed by atoms with van der Waals surface area (Å²) in [4.78, 5) is 20.2. The molecule has 1 aliphatic heterocycles. The largest absolute Gasteiger partial charge is 0.395 e. The summed E-state index contributed by atoms with van der Waals surface area (Å²) < 4.78 is 25.3. The first-order valence-corrected chi connectivity index (χ1v) is 14.4. The van der Waals surface area contributed by atoms with Gasteiger partial charge < -0.3 is 20.6 Å². The molecule has 0 spiro atoms. The number of hydrogen-bond acceptors (Lipinski definition) is 7. The van der Waals surface area contributed by atoms with Gasteiger partial charge in [-0.1, -0.05) is 25.1 Å². The van der Waals surface area contributed by atoms with Crippen molar-refractivity contribution in [1.29, 1.82) is 0 Å². The Labute approximate surface area is 219 Å². The molecule has 2 aromatic rings. The molecule has 198 valence electrons. The van der Waals surface area contributed by atoms with Gasteiger partial charge in [-0.3, -0.25) is 4.79 Å². The molecule has 0 radical (unpaired) electrons. The molecule has 1 aromatic heterocycles. The molecule has 1 amide bonds. The molecule has 3 N–H and O–H groups in total. The number of hydrogen-bond donors (Lipinski definition) is 3. The summed E-state index contributed by atoms with van der Waals surface area (Å²) in [5.74, 6) is 0.565. The van der Waals surface area contributed by atoms with Crippen molar-refractivity contribution in [3.05, 3.63) is 70.4 Å². The highest BCUT2D eigenvalue weighted by Crippen LogP contribution is 2.49. The van der Waals surface area contributed by atoms with Crippen molar-refractivity contribution >= 4 is 27.1 Å². The number of nitrogens with one attached hydrogen (secondary N) is 2. The Morgan fingerprint density at radius 3 is 2.73 bits per heavy atom. The van der Waals surface area contributed by atoms with Gasteiger partial charge in [-0.05, 0) is 74.3 Å². The summed E-state index contributed by atoms with van der Waals surface area (Å²) in [6, 6.07) is 8.97. The summed E-state index contributed by atoms with van der Waals surface area (Å²) in [5, 5.41) is 15.6. The second-order valence-corrected chi connectivity index (χ2v) is 12.1. The number of fused-ring (bicyclic) bond motifs is 3. The van der Waals surface area contributed by atoms with Gasteiger partial charge in [0.2, 0.25) is 0 Å². The molecule has 8 nitrogen and oxygen atoms in total. The number of sulfone groups is 1. The quantitative estimate of drug-likeness (QED) is 0.410. The lowest BCUT2D eigenvalue weighted by molar-refractivity contribution is -0.117.